The van der Waals surface area contributed by atoms with E-state index in [9.17, 15) is 4.79 Å². The van der Waals surface area contributed by atoms with E-state index in [1.807, 2.05) is 38.1 Å². The Hall–Kier alpha value is -1.81. The highest BCUT2D eigenvalue weighted by molar-refractivity contribution is 6.17. The minimum absolute atomic E-state index is 0.0376. The topological polar surface area (TPSA) is 44.1 Å². The Morgan fingerprint density at radius 2 is 1.90 bits per heavy atom. The van der Waals surface area contributed by atoms with E-state index < -0.39 is 0 Å². The summed E-state index contributed by atoms with van der Waals surface area (Å²) in [5.41, 5.74) is 1.64. The Labute approximate surface area is 129 Å². The Morgan fingerprint density at radius 1 is 1.19 bits per heavy atom. The van der Waals surface area contributed by atoms with Gasteiger partial charge in [-0.05, 0) is 50.6 Å². The van der Waals surface area contributed by atoms with Crippen LogP contribution in [-0.4, -0.2) is 22.3 Å². The lowest BCUT2D eigenvalue weighted by Crippen LogP contribution is -2.23. The van der Waals surface area contributed by atoms with Crippen molar-refractivity contribution in [2.24, 2.45) is 0 Å². The normalized spacial score (nSPS) is 10.9. The molecule has 112 valence electrons. The molecule has 2 rings (SSSR count). The molecule has 0 bridgehead atoms. The summed E-state index contributed by atoms with van der Waals surface area (Å²) < 4.78 is 7.04. The van der Waals surface area contributed by atoms with Crippen LogP contribution in [0.1, 0.15) is 26.3 Å². The van der Waals surface area contributed by atoms with Crippen LogP contribution in [-0.2, 0) is 0 Å². The summed E-state index contributed by atoms with van der Waals surface area (Å²) in [5.74, 6) is 1.40. The zero-order valence-corrected chi connectivity index (χ0v) is 13.0. The zero-order chi connectivity index (χ0) is 15.2. The fourth-order valence-corrected chi connectivity index (χ4v) is 2.02. The van der Waals surface area contributed by atoms with Gasteiger partial charge in [-0.3, -0.25) is 4.79 Å². The molecule has 1 aromatic carbocycles. The van der Waals surface area contributed by atoms with Gasteiger partial charge in [0.25, 0.3) is 5.56 Å². The summed E-state index contributed by atoms with van der Waals surface area (Å²) in [6.07, 6.45) is 0.824. The number of alkyl halides is 1. The summed E-state index contributed by atoms with van der Waals surface area (Å²) in [6, 6.07) is 11.0. The third kappa shape index (κ3) is 4.08. The van der Waals surface area contributed by atoms with Crippen molar-refractivity contribution >= 4 is 11.6 Å². The zero-order valence-electron chi connectivity index (χ0n) is 12.3. The maximum atomic E-state index is 11.7. The average Bonchev–Trinajstić information content (AvgIpc) is 2.48. The fraction of sp³-hybridized carbons (Fsp3) is 0.375. The van der Waals surface area contributed by atoms with Crippen molar-refractivity contribution in [1.29, 1.82) is 0 Å². The molecular weight excluding hydrogens is 288 g/mol. The molecule has 4 nitrogen and oxygen atoms in total. The molecule has 0 amide bonds. The van der Waals surface area contributed by atoms with Crippen LogP contribution >= 0.6 is 11.6 Å². The van der Waals surface area contributed by atoms with E-state index in [2.05, 4.69) is 5.10 Å². The second-order valence-corrected chi connectivity index (χ2v) is 5.39. The molecule has 21 heavy (non-hydrogen) atoms. The van der Waals surface area contributed by atoms with E-state index in [0.29, 0.717) is 12.5 Å². The van der Waals surface area contributed by atoms with Crippen molar-refractivity contribution in [3.63, 3.8) is 0 Å². The van der Waals surface area contributed by atoms with Gasteiger partial charge in [0.15, 0.2) is 0 Å². The highest BCUT2D eigenvalue weighted by Gasteiger charge is 2.06. The standard InChI is InChI=1S/C16H19ClN2O2/c1-12(2)19-16(20)9-8-15(18-19)13-4-6-14(7-5-13)21-11-3-10-17/h4-9,12H,3,10-11H2,1-2H3. The predicted octanol–water partition coefficient (Wildman–Crippen LogP) is 3.50. The van der Waals surface area contributed by atoms with E-state index in [0.717, 1.165) is 23.4 Å². The SMILES string of the molecule is CC(C)n1nc(-c2ccc(OCCCCl)cc2)ccc1=O. The van der Waals surface area contributed by atoms with Crippen LogP contribution in [0.3, 0.4) is 0 Å². The Kier molecular flexibility index (Phi) is 5.39. The molecule has 0 unspecified atom stereocenters. The minimum Gasteiger partial charge on any atom is -0.494 e. The molecule has 0 radical (unpaired) electrons. The van der Waals surface area contributed by atoms with E-state index >= 15 is 0 Å². The number of benzene rings is 1. The first-order chi connectivity index (χ1) is 10.1. The lowest BCUT2D eigenvalue weighted by Gasteiger charge is -2.10. The molecule has 0 spiro atoms. The Morgan fingerprint density at radius 3 is 2.52 bits per heavy atom. The van der Waals surface area contributed by atoms with Gasteiger partial charge >= 0.3 is 0 Å². The van der Waals surface area contributed by atoms with Crippen LogP contribution < -0.4 is 10.3 Å². The summed E-state index contributed by atoms with van der Waals surface area (Å²) in [6.45, 7) is 4.48. The van der Waals surface area contributed by atoms with Gasteiger partial charge < -0.3 is 4.74 Å². The number of hydrogen-bond acceptors (Lipinski definition) is 3. The van der Waals surface area contributed by atoms with Gasteiger partial charge in [-0.1, -0.05) is 0 Å². The van der Waals surface area contributed by atoms with Crippen LogP contribution in [0.5, 0.6) is 5.75 Å². The number of hydrogen-bond donors (Lipinski definition) is 0. The van der Waals surface area contributed by atoms with Gasteiger partial charge in [-0.15, -0.1) is 11.6 Å². The smallest absolute Gasteiger partial charge is 0.267 e. The number of ether oxygens (including phenoxy) is 1. The molecule has 5 heteroatoms. The van der Waals surface area contributed by atoms with Gasteiger partial charge in [0.2, 0.25) is 0 Å². The van der Waals surface area contributed by atoms with Crippen LogP contribution in [0.15, 0.2) is 41.2 Å². The highest BCUT2D eigenvalue weighted by atomic mass is 35.5. The van der Waals surface area contributed by atoms with Gasteiger partial charge in [-0.25, -0.2) is 4.68 Å². The molecule has 0 aliphatic heterocycles. The molecule has 0 atom stereocenters. The first kappa shape index (κ1) is 15.6. The second-order valence-electron chi connectivity index (χ2n) is 5.01. The molecule has 2 aromatic rings. The first-order valence-electron chi connectivity index (χ1n) is 7.01. The van der Waals surface area contributed by atoms with Crippen LogP contribution in [0.25, 0.3) is 11.3 Å². The van der Waals surface area contributed by atoms with Crippen molar-refractivity contribution in [2.75, 3.05) is 12.5 Å². The second kappa shape index (κ2) is 7.27. The van der Waals surface area contributed by atoms with Crippen molar-refractivity contribution in [3.8, 4) is 17.0 Å². The van der Waals surface area contributed by atoms with E-state index in [1.165, 1.54) is 4.68 Å². The van der Waals surface area contributed by atoms with Crippen molar-refractivity contribution in [1.82, 2.24) is 9.78 Å². The molecule has 0 aliphatic carbocycles. The van der Waals surface area contributed by atoms with E-state index in [-0.39, 0.29) is 11.6 Å². The highest BCUT2D eigenvalue weighted by Crippen LogP contribution is 2.20. The predicted molar refractivity (Wildman–Crippen MR) is 85.2 cm³/mol. The van der Waals surface area contributed by atoms with Crippen molar-refractivity contribution in [2.45, 2.75) is 26.3 Å². The molecular formula is C16H19ClN2O2. The van der Waals surface area contributed by atoms with Gasteiger partial charge in [0.1, 0.15) is 5.75 Å². The maximum absolute atomic E-state index is 11.7. The lowest BCUT2D eigenvalue weighted by molar-refractivity contribution is 0.318. The van der Waals surface area contributed by atoms with Crippen LogP contribution in [0.4, 0.5) is 0 Å². The number of nitrogens with zero attached hydrogens (tertiary/aromatic N) is 2. The maximum Gasteiger partial charge on any atom is 0.267 e. The third-order valence-electron chi connectivity index (χ3n) is 3.01. The summed E-state index contributed by atoms with van der Waals surface area (Å²) in [4.78, 5) is 11.7. The molecule has 1 heterocycles. The lowest BCUT2D eigenvalue weighted by atomic mass is 10.1. The quantitative estimate of drug-likeness (QED) is 0.606. The Bertz CT molecular complexity index is 635. The summed E-state index contributed by atoms with van der Waals surface area (Å²) in [5, 5.41) is 4.39. The monoisotopic (exact) mass is 306 g/mol. The molecule has 0 saturated carbocycles. The molecule has 0 aliphatic rings. The number of halogens is 1. The van der Waals surface area contributed by atoms with Crippen molar-refractivity contribution < 1.29 is 4.74 Å². The van der Waals surface area contributed by atoms with Gasteiger partial charge in [-0.2, -0.15) is 5.10 Å². The third-order valence-corrected chi connectivity index (χ3v) is 3.28. The number of rotatable bonds is 6. The molecule has 0 saturated heterocycles. The first-order valence-corrected chi connectivity index (χ1v) is 7.54. The molecule has 1 aromatic heterocycles. The summed E-state index contributed by atoms with van der Waals surface area (Å²) >= 11 is 5.61. The summed E-state index contributed by atoms with van der Waals surface area (Å²) in [7, 11) is 0. The minimum atomic E-state index is -0.0882. The largest absolute Gasteiger partial charge is 0.494 e. The van der Waals surface area contributed by atoms with Gasteiger partial charge in [0, 0.05) is 17.5 Å². The van der Waals surface area contributed by atoms with Crippen LogP contribution in [0.2, 0.25) is 0 Å². The molecule has 0 fully saturated rings. The van der Waals surface area contributed by atoms with Crippen LogP contribution in [0, 0.1) is 0 Å². The van der Waals surface area contributed by atoms with E-state index in [1.54, 1.807) is 12.1 Å². The van der Waals surface area contributed by atoms with Crippen molar-refractivity contribution in [3.05, 3.63) is 46.8 Å². The van der Waals surface area contributed by atoms with E-state index in [4.69, 9.17) is 16.3 Å². The average molecular weight is 307 g/mol. The molecule has 0 N–H and O–H groups in total. The number of aromatic nitrogens is 2. The Balaban J connectivity index is 2.19. The van der Waals surface area contributed by atoms with Gasteiger partial charge in [0.05, 0.1) is 18.3 Å². The fourth-order valence-electron chi connectivity index (χ4n) is 1.92.